The van der Waals surface area contributed by atoms with E-state index in [0.717, 1.165) is 0 Å². The van der Waals surface area contributed by atoms with Gasteiger partial charge in [0.05, 0.1) is 0 Å². The molecule has 0 radical (unpaired) electrons. The first kappa shape index (κ1) is 10.8. The van der Waals surface area contributed by atoms with E-state index in [4.69, 9.17) is 5.11 Å². The van der Waals surface area contributed by atoms with Crippen LogP contribution in [0.25, 0.3) is 0 Å². The van der Waals surface area contributed by atoms with Crippen LogP contribution in [-0.2, 0) is 14.3 Å². The molecule has 0 aromatic heterocycles. The Hall–Kier alpha value is -2.06. The topological polar surface area (TPSA) is 63.6 Å². The molecule has 0 fully saturated rings. The van der Waals surface area contributed by atoms with Crippen LogP contribution in [-0.4, -0.2) is 23.7 Å². The van der Waals surface area contributed by atoms with Gasteiger partial charge in [0.15, 0.2) is 6.61 Å². The fourth-order valence-electron chi connectivity index (χ4n) is 0.244. The Balaban J connectivity index is 0. The summed E-state index contributed by atoms with van der Waals surface area (Å²) in [5.41, 5.74) is 0. The summed E-state index contributed by atoms with van der Waals surface area (Å²) in [5.74, 6) is -1.62. The number of aliphatic carboxylic acids is 1. The van der Waals surface area contributed by atoms with Gasteiger partial charge >= 0.3 is 11.9 Å². The van der Waals surface area contributed by atoms with Gasteiger partial charge in [0.1, 0.15) is 0 Å². The quantitative estimate of drug-likeness (QED) is 0.681. The van der Waals surface area contributed by atoms with Crippen LogP contribution in [0.5, 0.6) is 0 Å². The van der Waals surface area contributed by atoms with Gasteiger partial charge in [-0.3, -0.25) is 4.79 Å². The van der Waals surface area contributed by atoms with Gasteiger partial charge in [-0.1, -0.05) is 6.92 Å². The van der Waals surface area contributed by atoms with Gasteiger partial charge in [0.25, 0.3) is 0 Å². The van der Waals surface area contributed by atoms with Crippen LogP contribution in [0.4, 0.5) is 0 Å². The first-order valence-corrected chi connectivity index (χ1v) is 2.54. The average molecular weight is 399 g/mol. The Morgan fingerprint density at radius 3 is 2.30 bits per heavy atom. The number of hydrogen-bond acceptors (Lipinski definition) is 3. The molecule has 0 saturated carbocycles. The summed E-state index contributed by atoms with van der Waals surface area (Å²) in [6, 6.07) is 0. The zero-order valence-electron chi connectivity index (χ0n) is 5.79. The van der Waals surface area contributed by atoms with Gasteiger partial charge < -0.3 is 9.84 Å². The van der Waals surface area contributed by atoms with Crippen LogP contribution in [0, 0.1) is 0 Å². The zero-order chi connectivity index (χ0) is 7.28. The van der Waals surface area contributed by atoms with Crippen LogP contribution >= 0.6 is 0 Å². The van der Waals surface area contributed by atoms with Crippen molar-refractivity contribution in [2.45, 2.75) is 13.3 Å². The summed E-state index contributed by atoms with van der Waals surface area (Å²) in [6.07, 6.45) is 0.216. The summed E-state index contributed by atoms with van der Waals surface area (Å²) in [5, 5.41) is 7.98. The minimum atomic E-state index is -1.13. The molecule has 4 nitrogen and oxygen atoms in total. The van der Waals surface area contributed by atoms with E-state index in [1.165, 1.54) is 0 Å². The van der Waals surface area contributed by atoms with E-state index in [9.17, 15) is 9.59 Å². The number of esters is 1. The van der Waals surface area contributed by atoms with Crippen LogP contribution in [0.1, 0.15) is 13.3 Å². The molecule has 0 spiro atoms. The van der Waals surface area contributed by atoms with E-state index in [1.54, 1.807) is 6.92 Å². The first-order chi connectivity index (χ1) is 4.16. The van der Waals surface area contributed by atoms with Crippen molar-refractivity contribution in [3.05, 3.63) is 0 Å². The second-order valence-corrected chi connectivity index (χ2v) is 1.41. The number of carbonyl (C=O) groups is 2. The molecule has 0 heterocycles. The molecule has 1 N–H and O–H groups in total. The predicted octanol–water partition coefficient (Wildman–Crippen LogP) is 0.0242. The summed E-state index contributed by atoms with van der Waals surface area (Å²) >= 11 is 0. The van der Waals surface area contributed by atoms with Crippen molar-refractivity contribution in [3.8, 4) is 0 Å². The molecular weight excluding hydrogens is 391 g/mol. The Labute approximate surface area is 52.4 Å². The maximum Gasteiger partial charge on any atom is 0.341 e. The number of carbonyl (C=O) groups excluding carboxylic acids is 1. The zero-order valence-corrected chi connectivity index (χ0v) is 12.2. The van der Waals surface area contributed by atoms with E-state index in [1.807, 2.05) is 0 Å². The number of carboxylic acids is 1. The van der Waals surface area contributed by atoms with Crippen LogP contribution in [0.2, 0.25) is 0 Å². The molecule has 0 saturated heterocycles. The molecule has 5 heteroatoms. The third kappa shape index (κ3) is 5.94. The van der Waals surface area contributed by atoms with Gasteiger partial charge in [-0.25, -0.2) is 4.79 Å². The predicted molar refractivity (Wildman–Crippen MR) is 28.9 cm³/mol. The van der Waals surface area contributed by atoms with Crippen LogP contribution in [0.3, 0.4) is 0 Å². The van der Waals surface area contributed by atoms with Crippen molar-refractivity contribution in [3.63, 3.8) is 0 Å². The monoisotopic (exact) mass is 399 g/mol. The maximum absolute atomic E-state index is 10.2. The summed E-state index contributed by atoms with van der Waals surface area (Å²) in [4.78, 5) is 20.0. The van der Waals surface area contributed by atoms with Crippen molar-refractivity contribution in [1.82, 2.24) is 0 Å². The van der Waals surface area contributed by atoms with Gasteiger partial charge in [-0.05, 0) is 0 Å². The molecule has 0 aliphatic carbocycles. The fourth-order valence-corrected chi connectivity index (χ4v) is 0.244. The number of hydrogen-bond donors (Lipinski definition) is 1. The molecule has 54 valence electrons. The van der Waals surface area contributed by atoms with Gasteiger partial charge in [-0.15, -0.1) is 0 Å². The summed E-state index contributed by atoms with van der Waals surface area (Å²) < 4.78 is 4.21. The average Bonchev–Trinajstić information content (AvgIpc) is 1.83. The molecule has 10 heavy (non-hydrogen) atoms. The van der Waals surface area contributed by atoms with Crippen molar-refractivity contribution >= 4 is 11.9 Å². The Kier molecular flexibility index (Phi) is 5.51. The third-order valence-electron chi connectivity index (χ3n) is 0.645. The standard InChI is InChI=1S/C5H8O4.Rf/c1-2-5(8)9-3-4(6)7;/h2-3H2,1H3,(H,6,7);. The normalized spacial score (nSPS) is 7.70. The van der Waals surface area contributed by atoms with Crippen molar-refractivity contribution in [2.24, 2.45) is 0 Å². The first-order valence-electron chi connectivity index (χ1n) is 2.54. The molecule has 0 atom stereocenters. The number of carboxylic acid groups (broad SMARTS) is 1. The van der Waals surface area contributed by atoms with Gasteiger partial charge in [0.2, 0.25) is 0 Å². The summed E-state index contributed by atoms with van der Waals surface area (Å²) in [6.45, 7) is 1.07. The van der Waals surface area contributed by atoms with E-state index in [2.05, 4.69) is 4.74 Å². The van der Waals surface area contributed by atoms with Crippen LogP contribution in [0.15, 0.2) is 0 Å². The smallest absolute Gasteiger partial charge is 0.341 e. The SMILES string of the molecule is CCC(=O)OCC(=O)O.[Rf]. The fraction of sp³-hybridized carbons (Fsp3) is 0.600. The van der Waals surface area contributed by atoms with Crippen molar-refractivity contribution in [1.29, 1.82) is 0 Å². The van der Waals surface area contributed by atoms with Crippen molar-refractivity contribution in [2.75, 3.05) is 6.61 Å². The largest absolute Gasteiger partial charge is 0.479 e. The Morgan fingerprint density at radius 2 is 2.00 bits per heavy atom. The molecule has 0 aromatic carbocycles. The second-order valence-electron chi connectivity index (χ2n) is 1.41. The second kappa shape index (κ2) is 5.08. The number of rotatable bonds is 3. The minimum Gasteiger partial charge on any atom is -0.479 e. The van der Waals surface area contributed by atoms with E-state index < -0.39 is 18.5 Å². The third-order valence-corrected chi connectivity index (χ3v) is 0.645. The van der Waals surface area contributed by atoms with E-state index >= 15 is 0 Å². The molecule has 0 aromatic rings. The Bertz CT molecular complexity index is 123. The van der Waals surface area contributed by atoms with Gasteiger partial charge in [0, 0.05) is 6.42 Å². The van der Waals surface area contributed by atoms with Gasteiger partial charge in [-0.2, -0.15) is 0 Å². The van der Waals surface area contributed by atoms with Crippen LogP contribution < -0.4 is 0 Å². The molecule has 0 rings (SSSR count). The number of ether oxygens (including phenoxy) is 1. The van der Waals surface area contributed by atoms with Crippen molar-refractivity contribution < 1.29 is 19.4 Å². The minimum absolute atomic E-state index is 0. The van der Waals surface area contributed by atoms with E-state index in [0.29, 0.717) is 0 Å². The molecule has 0 aliphatic rings. The molecular formula is C5H8O4Rf. The van der Waals surface area contributed by atoms with E-state index in [-0.39, 0.29) is 6.42 Å². The molecule has 0 amide bonds. The maximum atomic E-state index is 10.2. The Morgan fingerprint density at radius 1 is 1.50 bits per heavy atom. The molecule has 0 aliphatic heterocycles. The summed E-state index contributed by atoms with van der Waals surface area (Å²) in [7, 11) is 0. The molecule has 0 bridgehead atoms. The molecule has 0 unspecified atom stereocenters.